The van der Waals surface area contributed by atoms with E-state index in [1.54, 1.807) is 0 Å². The highest BCUT2D eigenvalue weighted by molar-refractivity contribution is 5.36. The predicted octanol–water partition coefficient (Wildman–Crippen LogP) is 2.14. The fraction of sp³-hybridized carbons (Fsp3) is 0.364. The maximum absolute atomic E-state index is 3.96. The van der Waals surface area contributed by atoms with Crippen LogP contribution in [0.25, 0.3) is 0 Å². The highest BCUT2D eigenvalue weighted by Crippen LogP contribution is 2.20. The van der Waals surface area contributed by atoms with Crippen LogP contribution in [-0.2, 0) is 13.0 Å². The van der Waals surface area contributed by atoms with Crippen molar-refractivity contribution in [1.29, 1.82) is 0 Å². The third-order valence-electron chi connectivity index (χ3n) is 2.58. The lowest BCUT2D eigenvalue weighted by molar-refractivity contribution is 0.347. The van der Waals surface area contributed by atoms with Gasteiger partial charge in [-0.3, -0.25) is 7.05 Å². The van der Waals surface area contributed by atoms with Gasteiger partial charge in [-0.15, -0.1) is 0 Å². The Bertz CT molecular complexity index is 291. The number of rotatable bonds is 0. The van der Waals surface area contributed by atoms with Crippen molar-refractivity contribution in [3.63, 3.8) is 0 Å². The maximum atomic E-state index is 3.96. The Morgan fingerprint density at radius 3 is 3.08 bits per heavy atom. The van der Waals surface area contributed by atoms with Crippen LogP contribution in [0.3, 0.4) is 0 Å². The van der Waals surface area contributed by atoms with Gasteiger partial charge in [0.15, 0.2) is 0 Å². The van der Waals surface area contributed by atoms with E-state index < -0.39 is 0 Å². The van der Waals surface area contributed by atoms with Gasteiger partial charge in [-0.05, 0) is 43.1 Å². The van der Waals surface area contributed by atoms with Crippen molar-refractivity contribution >= 4 is 0 Å². The molecule has 1 aromatic carbocycles. The molecule has 1 nitrogen and oxygen atoms in total. The van der Waals surface area contributed by atoms with E-state index in [1.807, 2.05) is 0 Å². The summed E-state index contributed by atoms with van der Waals surface area (Å²) >= 11 is 0. The molecule has 0 aromatic heterocycles. The van der Waals surface area contributed by atoms with E-state index in [2.05, 4.69) is 37.1 Å². The topological polar surface area (TPSA) is 3.24 Å². The lowest BCUT2D eigenvalue weighted by atomic mass is 9.96. The van der Waals surface area contributed by atoms with Crippen molar-refractivity contribution in [2.45, 2.75) is 19.9 Å². The van der Waals surface area contributed by atoms with Gasteiger partial charge in [-0.2, -0.15) is 0 Å². The number of hydrogen-bond acceptors (Lipinski definition) is 1. The molecule has 0 spiro atoms. The molecule has 0 saturated carbocycles. The van der Waals surface area contributed by atoms with E-state index in [0.717, 1.165) is 19.5 Å². The minimum atomic E-state index is 1.01. The van der Waals surface area contributed by atoms with E-state index in [9.17, 15) is 0 Å². The SMILES string of the molecule is [CH2-]N1CCc2c(C)cccc2C1. The van der Waals surface area contributed by atoms with Crippen molar-refractivity contribution < 1.29 is 0 Å². The number of nitrogens with zero attached hydrogens (tertiary/aromatic N) is 1. The molecular formula is C11H14N-. The van der Waals surface area contributed by atoms with Crippen molar-refractivity contribution in [2.75, 3.05) is 6.54 Å². The zero-order valence-electron chi connectivity index (χ0n) is 7.51. The summed E-state index contributed by atoms with van der Waals surface area (Å²) in [5.74, 6) is 0. The largest absolute Gasteiger partial charge is 0.455 e. The highest BCUT2D eigenvalue weighted by Gasteiger charge is 2.10. The lowest BCUT2D eigenvalue weighted by Gasteiger charge is -2.32. The summed E-state index contributed by atoms with van der Waals surface area (Å²) in [6, 6.07) is 6.53. The fourth-order valence-electron chi connectivity index (χ4n) is 1.86. The number of fused-ring (bicyclic) bond motifs is 1. The first-order valence-electron chi connectivity index (χ1n) is 4.40. The van der Waals surface area contributed by atoms with Crippen LogP contribution in [0.1, 0.15) is 16.7 Å². The van der Waals surface area contributed by atoms with Gasteiger partial charge in [0.2, 0.25) is 0 Å². The normalized spacial score (nSPS) is 17.5. The first-order valence-corrected chi connectivity index (χ1v) is 4.40. The van der Waals surface area contributed by atoms with Crippen LogP contribution < -0.4 is 0 Å². The average Bonchev–Trinajstić information content (AvgIpc) is 2.04. The second kappa shape index (κ2) is 2.91. The third-order valence-corrected chi connectivity index (χ3v) is 2.58. The second-order valence-corrected chi connectivity index (χ2v) is 3.52. The summed E-state index contributed by atoms with van der Waals surface area (Å²) in [6.45, 7) is 4.30. The van der Waals surface area contributed by atoms with E-state index >= 15 is 0 Å². The van der Waals surface area contributed by atoms with Gasteiger partial charge < -0.3 is 4.90 Å². The van der Waals surface area contributed by atoms with Gasteiger partial charge in [-0.25, -0.2) is 0 Å². The van der Waals surface area contributed by atoms with Crippen LogP contribution in [0.5, 0.6) is 0 Å². The second-order valence-electron chi connectivity index (χ2n) is 3.52. The number of benzene rings is 1. The Kier molecular flexibility index (Phi) is 1.89. The molecule has 2 rings (SSSR count). The molecule has 0 atom stereocenters. The molecular weight excluding hydrogens is 146 g/mol. The summed E-state index contributed by atoms with van der Waals surface area (Å²) in [5.41, 5.74) is 4.43. The Morgan fingerprint density at radius 2 is 2.25 bits per heavy atom. The van der Waals surface area contributed by atoms with Gasteiger partial charge in [0, 0.05) is 0 Å². The first-order chi connectivity index (χ1) is 5.77. The molecule has 0 radical (unpaired) electrons. The van der Waals surface area contributed by atoms with E-state index in [-0.39, 0.29) is 0 Å². The molecule has 1 aliphatic rings. The summed E-state index contributed by atoms with van der Waals surface area (Å²) in [7, 11) is 3.96. The van der Waals surface area contributed by atoms with Gasteiger partial charge in [0.1, 0.15) is 0 Å². The summed E-state index contributed by atoms with van der Waals surface area (Å²) < 4.78 is 0. The van der Waals surface area contributed by atoms with Crippen LogP contribution in [0.4, 0.5) is 0 Å². The van der Waals surface area contributed by atoms with Crippen LogP contribution in [0.15, 0.2) is 18.2 Å². The third kappa shape index (κ3) is 1.25. The van der Waals surface area contributed by atoms with Gasteiger partial charge >= 0.3 is 0 Å². The molecule has 0 unspecified atom stereocenters. The average molecular weight is 160 g/mol. The molecule has 12 heavy (non-hydrogen) atoms. The zero-order chi connectivity index (χ0) is 8.55. The lowest BCUT2D eigenvalue weighted by Crippen LogP contribution is -2.25. The van der Waals surface area contributed by atoms with Crippen LogP contribution in [-0.4, -0.2) is 11.4 Å². The highest BCUT2D eigenvalue weighted by atomic mass is 15.1. The Hall–Kier alpha value is -0.820. The van der Waals surface area contributed by atoms with Crippen LogP contribution in [0.2, 0.25) is 0 Å². The van der Waals surface area contributed by atoms with Crippen LogP contribution in [0, 0.1) is 14.0 Å². The van der Waals surface area contributed by atoms with Gasteiger partial charge in [-0.1, -0.05) is 18.2 Å². The molecule has 0 amide bonds. The predicted molar refractivity (Wildman–Crippen MR) is 50.7 cm³/mol. The first kappa shape index (κ1) is 7.81. The van der Waals surface area contributed by atoms with Crippen molar-refractivity contribution in [3.8, 4) is 0 Å². The molecule has 0 fully saturated rings. The Labute approximate surface area is 74.0 Å². The van der Waals surface area contributed by atoms with Crippen LogP contribution >= 0.6 is 0 Å². The zero-order valence-corrected chi connectivity index (χ0v) is 7.51. The van der Waals surface area contributed by atoms with Gasteiger partial charge in [0.25, 0.3) is 0 Å². The standard InChI is InChI=1S/C11H14N/c1-9-4-3-5-10-8-12(2)7-6-11(9)10/h3-5H,2,6-8H2,1H3/q-1. The molecule has 1 aromatic rings. The van der Waals surface area contributed by atoms with E-state index in [4.69, 9.17) is 0 Å². The monoisotopic (exact) mass is 160 g/mol. The molecule has 0 N–H and O–H groups in total. The smallest absolute Gasteiger partial charge is 0.00420 e. The minimum absolute atomic E-state index is 1.01. The molecule has 0 aliphatic carbocycles. The Balaban J connectivity index is 2.42. The van der Waals surface area contributed by atoms with E-state index in [0.29, 0.717) is 0 Å². The molecule has 64 valence electrons. The van der Waals surface area contributed by atoms with Crippen molar-refractivity contribution in [2.24, 2.45) is 0 Å². The summed E-state index contributed by atoms with van der Waals surface area (Å²) in [4.78, 5) is 2.13. The van der Waals surface area contributed by atoms with Crippen molar-refractivity contribution in [3.05, 3.63) is 41.9 Å². The maximum Gasteiger partial charge on any atom is -0.00420 e. The quantitative estimate of drug-likeness (QED) is 0.526. The molecule has 0 saturated heterocycles. The molecule has 1 heterocycles. The summed E-state index contributed by atoms with van der Waals surface area (Å²) in [6.07, 6.45) is 1.16. The number of hydrogen-bond donors (Lipinski definition) is 0. The Morgan fingerprint density at radius 1 is 1.42 bits per heavy atom. The molecule has 1 heteroatoms. The fourth-order valence-corrected chi connectivity index (χ4v) is 1.86. The van der Waals surface area contributed by atoms with Gasteiger partial charge in [0.05, 0.1) is 0 Å². The molecule has 0 bridgehead atoms. The summed E-state index contributed by atoms with van der Waals surface area (Å²) in [5, 5.41) is 0. The molecule has 1 aliphatic heterocycles. The van der Waals surface area contributed by atoms with E-state index in [1.165, 1.54) is 16.7 Å². The van der Waals surface area contributed by atoms with Crippen molar-refractivity contribution in [1.82, 2.24) is 4.90 Å². The number of aryl methyl sites for hydroxylation is 1. The minimum Gasteiger partial charge on any atom is -0.455 e.